The lowest BCUT2D eigenvalue weighted by molar-refractivity contribution is 0.104. The maximum atomic E-state index is 12.4. The molecule has 0 aliphatic carbocycles. The van der Waals surface area contributed by atoms with E-state index < -0.39 is 0 Å². The molecule has 0 saturated heterocycles. The molecule has 0 amide bonds. The fourth-order valence-electron chi connectivity index (χ4n) is 2.08. The summed E-state index contributed by atoms with van der Waals surface area (Å²) in [6.07, 6.45) is 2.87. The molecule has 0 atom stereocenters. The molecular formula is C17H15Cl3N2O. The van der Waals surface area contributed by atoms with Gasteiger partial charge in [0, 0.05) is 23.7 Å². The number of nitrogens with one attached hydrogen (secondary N) is 1. The van der Waals surface area contributed by atoms with Crippen LogP contribution in [0.4, 0.5) is 5.69 Å². The fraction of sp³-hybridized carbons (Fsp3) is 0.176. The molecule has 0 aliphatic rings. The molecule has 0 unspecified atom stereocenters. The molecule has 2 aromatic rings. The first-order valence-corrected chi connectivity index (χ1v) is 7.99. The number of allylic oxidation sites excluding steroid dienone is 2. The van der Waals surface area contributed by atoms with Crippen LogP contribution < -0.4 is 5.32 Å². The number of aromatic nitrogens is 1. The SMILES string of the molecule is C/C(=C\C(=O)c1c(C)ncc(Cl)c1Cl)Nc1ccc(C)cc1Cl. The van der Waals surface area contributed by atoms with Gasteiger partial charge in [0.1, 0.15) is 0 Å². The van der Waals surface area contributed by atoms with Crippen molar-refractivity contribution in [1.29, 1.82) is 0 Å². The third kappa shape index (κ3) is 4.25. The van der Waals surface area contributed by atoms with Crippen molar-refractivity contribution in [3.05, 3.63) is 68.1 Å². The highest BCUT2D eigenvalue weighted by molar-refractivity contribution is 6.44. The van der Waals surface area contributed by atoms with E-state index in [0.29, 0.717) is 22.0 Å². The van der Waals surface area contributed by atoms with Crippen molar-refractivity contribution in [3.8, 4) is 0 Å². The van der Waals surface area contributed by atoms with Crippen LogP contribution in [-0.2, 0) is 0 Å². The van der Waals surface area contributed by atoms with Gasteiger partial charge in [0.05, 0.1) is 26.3 Å². The summed E-state index contributed by atoms with van der Waals surface area (Å²) in [7, 11) is 0. The second kappa shape index (κ2) is 7.35. The molecule has 6 heteroatoms. The van der Waals surface area contributed by atoms with E-state index in [9.17, 15) is 4.79 Å². The number of anilines is 1. The van der Waals surface area contributed by atoms with Crippen LogP contribution in [0.1, 0.15) is 28.5 Å². The minimum atomic E-state index is -0.268. The van der Waals surface area contributed by atoms with Gasteiger partial charge in [-0.1, -0.05) is 40.9 Å². The molecule has 1 aromatic carbocycles. The van der Waals surface area contributed by atoms with Crippen LogP contribution >= 0.6 is 34.8 Å². The minimum Gasteiger partial charge on any atom is -0.358 e. The minimum absolute atomic E-state index is 0.210. The van der Waals surface area contributed by atoms with Gasteiger partial charge < -0.3 is 5.32 Å². The Bertz CT molecular complexity index is 801. The van der Waals surface area contributed by atoms with E-state index >= 15 is 0 Å². The molecule has 3 nitrogen and oxygen atoms in total. The van der Waals surface area contributed by atoms with E-state index in [4.69, 9.17) is 34.8 Å². The number of ketones is 1. The first kappa shape index (κ1) is 17.8. The number of hydrogen-bond acceptors (Lipinski definition) is 3. The number of hydrogen-bond donors (Lipinski definition) is 1. The molecule has 2 rings (SSSR count). The monoisotopic (exact) mass is 368 g/mol. The Labute approximate surface area is 150 Å². The number of rotatable bonds is 4. The lowest BCUT2D eigenvalue weighted by Gasteiger charge is -2.10. The van der Waals surface area contributed by atoms with Crippen molar-refractivity contribution in [1.82, 2.24) is 4.98 Å². The van der Waals surface area contributed by atoms with Gasteiger partial charge in [0.15, 0.2) is 5.78 Å². The van der Waals surface area contributed by atoms with Gasteiger partial charge in [-0.25, -0.2) is 0 Å². The fourth-order valence-corrected chi connectivity index (χ4v) is 2.78. The molecule has 120 valence electrons. The molecule has 0 saturated carbocycles. The van der Waals surface area contributed by atoms with Crippen LogP contribution in [0.5, 0.6) is 0 Å². The van der Waals surface area contributed by atoms with Gasteiger partial charge in [0.2, 0.25) is 0 Å². The standard InChI is InChI=1S/C17H15Cl3N2O/c1-9-4-5-14(12(18)6-9)22-10(2)7-15(23)16-11(3)21-8-13(19)17(16)20/h4-8,22H,1-3H3/b10-7+. The van der Waals surface area contributed by atoms with Gasteiger partial charge in [-0.2, -0.15) is 0 Å². The molecule has 1 N–H and O–H groups in total. The molecular weight excluding hydrogens is 355 g/mol. The highest BCUT2D eigenvalue weighted by atomic mass is 35.5. The Morgan fingerprint density at radius 1 is 1.17 bits per heavy atom. The number of halogens is 3. The van der Waals surface area contributed by atoms with Gasteiger partial charge in [-0.15, -0.1) is 0 Å². The summed E-state index contributed by atoms with van der Waals surface area (Å²) in [5.74, 6) is -0.268. The predicted octanol–water partition coefficient (Wildman–Crippen LogP) is 5.86. The third-order valence-electron chi connectivity index (χ3n) is 3.21. The maximum Gasteiger partial charge on any atom is 0.190 e. The van der Waals surface area contributed by atoms with Gasteiger partial charge in [-0.05, 0) is 38.5 Å². The molecule has 1 heterocycles. The molecule has 0 aliphatic heterocycles. The molecule has 0 radical (unpaired) electrons. The molecule has 0 bridgehead atoms. The normalized spacial score (nSPS) is 11.5. The maximum absolute atomic E-state index is 12.4. The Balaban J connectivity index is 2.27. The quantitative estimate of drug-likeness (QED) is 0.542. The summed E-state index contributed by atoms with van der Waals surface area (Å²) in [4.78, 5) is 16.5. The third-order valence-corrected chi connectivity index (χ3v) is 4.30. The van der Waals surface area contributed by atoms with E-state index in [0.717, 1.165) is 11.3 Å². The Morgan fingerprint density at radius 2 is 1.87 bits per heavy atom. The van der Waals surface area contributed by atoms with E-state index in [2.05, 4.69) is 10.3 Å². The lowest BCUT2D eigenvalue weighted by Crippen LogP contribution is -2.05. The topological polar surface area (TPSA) is 42.0 Å². The van der Waals surface area contributed by atoms with Crippen LogP contribution in [0.2, 0.25) is 15.1 Å². The average molecular weight is 370 g/mol. The van der Waals surface area contributed by atoms with Crippen molar-refractivity contribution in [2.24, 2.45) is 0 Å². The summed E-state index contributed by atoms with van der Waals surface area (Å²) in [5.41, 5.74) is 3.25. The first-order valence-electron chi connectivity index (χ1n) is 6.86. The second-order valence-electron chi connectivity index (χ2n) is 5.18. The zero-order valence-corrected chi connectivity index (χ0v) is 15.1. The highest BCUT2D eigenvalue weighted by Crippen LogP contribution is 2.28. The highest BCUT2D eigenvalue weighted by Gasteiger charge is 2.16. The summed E-state index contributed by atoms with van der Waals surface area (Å²) in [6, 6.07) is 5.64. The Hall–Kier alpha value is -1.55. The summed E-state index contributed by atoms with van der Waals surface area (Å²) in [6.45, 7) is 5.44. The molecule has 0 fully saturated rings. The zero-order chi connectivity index (χ0) is 17.1. The molecule has 0 spiro atoms. The summed E-state index contributed by atoms with van der Waals surface area (Å²) >= 11 is 18.2. The number of pyridine rings is 1. The number of carbonyl (C=O) groups is 1. The van der Waals surface area contributed by atoms with Crippen molar-refractivity contribution < 1.29 is 4.79 Å². The van der Waals surface area contributed by atoms with Crippen molar-refractivity contribution in [2.45, 2.75) is 20.8 Å². The number of carbonyl (C=O) groups excluding carboxylic acids is 1. The lowest BCUT2D eigenvalue weighted by atomic mass is 10.1. The summed E-state index contributed by atoms with van der Waals surface area (Å²) < 4.78 is 0. The molecule has 23 heavy (non-hydrogen) atoms. The molecule has 1 aromatic heterocycles. The largest absolute Gasteiger partial charge is 0.358 e. The van der Waals surface area contributed by atoms with Crippen molar-refractivity contribution >= 4 is 46.3 Å². The zero-order valence-electron chi connectivity index (χ0n) is 12.9. The Morgan fingerprint density at radius 3 is 2.52 bits per heavy atom. The van der Waals surface area contributed by atoms with Crippen LogP contribution in [0.25, 0.3) is 0 Å². The van der Waals surface area contributed by atoms with Crippen LogP contribution in [0, 0.1) is 13.8 Å². The van der Waals surface area contributed by atoms with Crippen LogP contribution in [0.3, 0.4) is 0 Å². The van der Waals surface area contributed by atoms with E-state index in [1.807, 2.05) is 25.1 Å². The van der Waals surface area contributed by atoms with Crippen LogP contribution in [-0.4, -0.2) is 10.8 Å². The van der Waals surface area contributed by atoms with E-state index in [-0.39, 0.29) is 15.8 Å². The van der Waals surface area contributed by atoms with Gasteiger partial charge in [-0.3, -0.25) is 9.78 Å². The Kier molecular flexibility index (Phi) is 5.69. The number of nitrogens with zero attached hydrogens (tertiary/aromatic N) is 1. The number of benzene rings is 1. The first-order chi connectivity index (χ1) is 10.8. The average Bonchev–Trinajstić information content (AvgIpc) is 2.46. The summed E-state index contributed by atoms with van der Waals surface area (Å²) in [5, 5.41) is 4.15. The van der Waals surface area contributed by atoms with E-state index in [1.165, 1.54) is 12.3 Å². The number of aryl methyl sites for hydroxylation is 2. The predicted molar refractivity (Wildman–Crippen MR) is 96.9 cm³/mol. The van der Waals surface area contributed by atoms with Gasteiger partial charge in [0.25, 0.3) is 0 Å². The van der Waals surface area contributed by atoms with Crippen molar-refractivity contribution in [2.75, 3.05) is 5.32 Å². The smallest absolute Gasteiger partial charge is 0.190 e. The second-order valence-corrected chi connectivity index (χ2v) is 6.37. The van der Waals surface area contributed by atoms with Crippen LogP contribution in [0.15, 0.2) is 36.2 Å². The van der Waals surface area contributed by atoms with E-state index in [1.54, 1.807) is 13.8 Å². The van der Waals surface area contributed by atoms with Gasteiger partial charge >= 0.3 is 0 Å². The van der Waals surface area contributed by atoms with Crippen molar-refractivity contribution in [3.63, 3.8) is 0 Å².